The summed E-state index contributed by atoms with van der Waals surface area (Å²) in [6, 6.07) is 0.555. The summed E-state index contributed by atoms with van der Waals surface area (Å²) < 4.78 is 0. The number of aliphatic carboxylic acids is 1. The molecule has 110 valence electrons. The molecule has 0 aromatic carbocycles. The molecule has 4 unspecified atom stereocenters. The van der Waals surface area contributed by atoms with Crippen molar-refractivity contribution >= 4 is 5.97 Å². The van der Waals surface area contributed by atoms with Crippen LogP contribution in [0.1, 0.15) is 52.4 Å². The van der Waals surface area contributed by atoms with Crippen molar-refractivity contribution in [1.29, 1.82) is 0 Å². The highest BCUT2D eigenvalue weighted by atomic mass is 16.4. The van der Waals surface area contributed by atoms with E-state index in [4.69, 9.17) is 0 Å². The van der Waals surface area contributed by atoms with Gasteiger partial charge in [0.05, 0.1) is 0 Å². The quantitative estimate of drug-likeness (QED) is 0.713. The predicted molar refractivity (Wildman–Crippen MR) is 76.2 cm³/mol. The van der Waals surface area contributed by atoms with Crippen LogP contribution in [0.4, 0.5) is 0 Å². The maximum Gasteiger partial charge on any atom is 0.320 e. The summed E-state index contributed by atoms with van der Waals surface area (Å²) in [4.78, 5) is 11.4. The molecule has 1 heterocycles. The average Bonchev–Trinajstić information content (AvgIpc) is 2.89. The van der Waals surface area contributed by atoms with E-state index in [9.17, 15) is 9.90 Å². The number of hydrogen-bond acceptors (Lipinski definition) is 3. The highest BCUT2D eigenvalue weighted by molar-refractivity contribution is 5.73. The molecule has 1 saturated heterocycles. The van der Waals surface area contributed by atoms with Gasteiger partial charge < -0.3 is 15.7 Å². The summed E-state index contributed by atoms with van der Waals surface area (Å²) in [5.74, 6) is 0.0344. The summed E-state index contributed by atoms with van der Waals surface area (Å²) in [5, 5.41) is 16.4. The number of rotatable bonds is 5. The van der Waals surface area contributed by atoms with Crippen molar-refractivity contribution in [3.63, 3.8) is 0 Å². The lowest BCUT2D eigenvalue weighted by Gasteiger charge is -2.38. The topological polar surface area (TPSA) is 61.4 Å². The van der Waals surface area contributed by atoms with E-state index in [-0.39, 0.29) is 5.92 Å². The van der Waals surface area contributed by atoms with E-state index in [2.05, 4.69) is 10.6 Å². The van der Waals surface area contributed by atoms with Crippen LogP contribution < -0.4 is 10.6 Å². The third-order valence-corrected chi connectivity index (χ3v) is 4.76. The molecular weight excluding hydrogens is 240 g/mol. The van der Waals surface area contributed by atoms with Crippen molar-refractivity contribution in [1.82, 2.24) is 10.6 Å². The van der Waals surface area contributed by atoms with Crippen LogP contribution in [0.25, 0.3) is 0 Å². The first-order chi connectivity index (χ1) is 9.09. The summed E-state index contributed by atoms with van der Waals surface area (Å²) in [6.07, 6.45) is 7.40. The Kier molecular flexibility index (Phi) is 5.22. The third-order valence-electron chi connectivity index (χ3n) is 4.76. The summed E-state index contributed by atoms with van der Waals surface area (Å²) >= 11 is 0. The minimum atomic E-state index is -0.710. The van der Waals surface area contributed by atoms with Crippen LogP contribution in [-0.2, 0) is 4.79 Å². The smallest absolute Gasteiger partial charge is 0.320 e. The lowest BCUT2D eigenvalue weighted by molar-refractivity contribution is -0.141. The highest BCUT2D eigenvalue weighted by Crippen LogP contribution is 2.31. The molecule has 4 atom stereocenters. The molecule has 0 amide bonds. The fourth-order valence-corrected chi connectivity index (χ4v) is 3.70. The standard InChI is InChI=1S/C15H28N2O2/c1-10(2)14(15(18)19)17-13-7-4-3-6-11(13)12-8-5-9-16-12/h10-14,16-17H,3-9H2,1-2H3,(H,18,19). The molecule has 4 nitrogen and oxygen atoms in total. The second-order valence-corrected chi connectivity index (χ2v) is 6.48. The highest BCUT2D eigenvalue weighted by Gasteiger charge is 2.35. The first kappa shape index (κ1) is 14.8. The van der Waals surface area contributed by atoms with Crippen molar-refractivity contribution in [3.8, 4) is 0 Å². The van der Waals surface area contributed by atoms with Gasteiger partial charge in [-0.15, -0.1) is 0 Å². The Bertz CT molecular complexity index is 301. The zero-order valence-corrected chi connectivity index (χ0v) is 12.2. The second-order valence-electron chi connectivity index (χ2n) is 6.48. The normalized spacial score (nSPS) is 33.5. The van der Waals surface area contributed by atoms with Crippen LogP contribution in [0.3, 0.4) is 0 Å². The number of nitrogens with one attached hydrogen (secondary N) is 2. The first-order valence-corrected chi connectivity index (χ1v) is 7.82. The molecule has 19 heavy (non-hydrogen) atoms. The Morgan fingerprint density at radius 2 is 1.95 bits per heavy atom. The Morgan fingerprint density at radius 3 is 2.53 bits per heavy atom. The average molecular weight is 268 g/mol. The van der Waals surface area contributed by atoms with Crippen LogP contribution >= 0.6 is 0 Å². The van der Waals surface area contributed by atoms with Crippen LogP contribution in [0.15, 0.2) is 0 Å². The number of hydrogen-bond donors (Lipinski definition) is 3. The number of carbonyl (C=O) groups is 1. The van der Waals surface area contributed by atoms with Gasteiger partial charge in [0, 0.05) is 12.1 Å². The van der Waals surface area contributed by atoms with Crippen LogP contribution in [0, 0.1) is 11.8 Å². The Balaban J connectivity index is 2.00. The maximum absolute atomic E-state index is 11.4. The predicted octanol–water partition coefficient (Wildman–Crippen LogP) is 2.00. The molecule has 2 rings (SSSR count). The molecule has 4 heteroatoms. The van der Waals surface area contributed by atoms with Crippen molar-refractivity contribution in [2.45, 2.75) is 70.5 Å². The summed E-state index contributed by atoms with van der Waals surface area (Å²) in [7, 11) is 0. The van der Waals surface area contributed by atoms with Gasteiger partial charge in [-0.3, -0.25) is 4.79 Å². The van der Waals surface area contributed by atoms with E-state index in [0.717, 1.165) is 13.0 Å². The van der Waals surface area contributed by atoms with Gasteiger partial charge in [0.15, 0.2) is 0 Å². The van der Waals surface area contributed by atoms with Gasteiger partial charge in [-0.25, -0.2) is 0 Å². The van der Waals surface area contributed by atoms with Gasteiger partial charge in [0.2, 0.25) is 0 Å². The minimum Gasteiger partial charge on any atom is -0.480 e. The summed E-state index contributed by atoms with van der Waals surface area (Å²) in [5.41, 5.74) is 0. The second kappa shape index (κ2) is 6.71. The van der Waals surface area contributed by atoms with Crippen molar-refractivity contribution in [2.24, 2.45) is 11.8 Å². The molecule has 0 aromatic rings. The lowest BCUT2D eigenvalue weighted by atomic mass is 9.78. The molecule has 0 spiro atoms. The fourth-order valence-electron chi connectivity index (χ4n) is 3.70. The Morgan fingerprint density at radius 1 is 1.21 bits per heavy atom. The molecule has 2 aliphatic rings. The van der Waals surface area contributed by atoms with Crippen molar-refractivity contribution in [2.75, 3.05) is 6.54 Å². The number of carboxylic acids is 1. The third kappa shape index (κ3) is 3.69. The Labute approximate surface area is 116 Å². The van der Waals surface area contributed by atoms with Gasteiger partial charge in [-0.05, 0) is 44.1 Å². The van der Waals surface area contributed by atoms with Gasteiger partial charge in [-0.1, -0.05) is 26.7 Å². The lowest BCUT2D eigenvalue weighted by Crippen LogP contribution is -2.53. The molecule has 2 fully saturated rings. The van der Waals surface area contributed by atoms with Crippen LogP contribution in [-0.4, -0.2) is 35.7 Å². The SMILES string of the molecule is CC(C)C(NC1CCCCC1C1CCCN1)C(=O)O. The van der Waals surface area contributed by atoms with E-state index in [1.54, 1.807) is 0 Å². The molecule has 0 bridgehead atoms. The van der Waals surface area contributed by atoms with Crippen molar-refractivity contribution < 1.29 is 9.90 Å². The van der Waals surface area contributed by atoms with E-state index < -0.39 is 12.0 Å². The maximum atomic E-state index is 11.4. The van der Waals surface area contributed by atoms with Gasteiger partial charge in [-0.2, -0.15) is 0 Å². The monoisotopic (exact) mass is 268 g/mol. The zero-order chi connectivity index (χ0) is 13.8. The Hall–Kier alpha value is -0.610. The fraction of sp³-hybridized carbons (Fsp3) is 0.933. The van der Waals surface area contributed by atoms with Gasteiger partial charge in [0.25, 0.3) is 0 Å². The molecular formula is C15H28N2O2. The molecule has 1 aliphatic carbocycles. The van der Waals surface area contributed by atoms with Gasteiger partial charge >= 0.3 is 5.97 Å². The summed E-state index contributed by atoms with van der Waals surface area (Å²) in [6.45, 7) is 5.09. The molecule has 3 N–H and O–H groups in total. The van der Waals surface area contributed by atoms with E-state index >= 15 is 0 Å². The first-order valence-electron chi connectivity index (χ1n) is 7.82. The van der Waals surface area contributed by atoms with Crippen molar-refractivity contribution in [3.05, 3.63) is 0 Å². The minimum absolute atomic E-state index is 0.136. The van der Waals surface area contributed by atoms with Crippen LogP contribution in [0.5, 0.6) is 0 Å². The van der Waals surface area contributed by atoms with E-state index in [0.29, 0.717) is 18.0 Å². The zero-order valence-electron chi connectivity index (χ0n) is 12.2. The van der Waals surface area contributed by atoms with Crippen LogP contribution in [0.2, 0.25) is 0 Å². The molecule has 0 aromatic heterocycles. The van der Waals surface area contributed by atoms with E-state index in [1.807, 2.05) is 13.8 Å². The molecule has 1 saturated carbocycles. The molecule has 0 radical (unpaired) electrons. The molecule has 1 aliphatic heterocycles. The largest absolute Gasteiger partial charge is 0.480 e. The number of carboxylic acid groups (broad SMARTS) is 1. The van der Waals surface area contributed by atoms with Gasteiger partial charge in [0.1, 0.15) is 6.04 Å². The van der Waals surface area contributed by atoms with E-state index in [1.165, 1.54) is 32.1 Å².